The standard InChI is InChI=1S/C29H31N3O6/c1-19(7-16-27(35)32-26-6-4-3-5-25(26)30)28(22-10-14-24(15-11-22)37-18-17-33)38-29(36)31-23-12-8-21(9-13-23)20(2)34/h3-16,19,28,33H,17-18,30H2,1-2H3,(H,31,36)(H,32,35)/b16-7+/t19-,28-/m1/s1. The van der Waals surface area contributed by atoms with Crippen LogP contribution in [0.15, 0.2) is 84.9 Å². The number of ether oxygens (including phenoxy) is 2. The monoisotopic (exact) mass is 517 g/mol. The Kier molecular flexibility index (Phi) is 10.0. The molecule has 0 aromatic heterocycles. The normalized spacial score (nSPS) is 12.4. The van der Waals surface area contributed by atoms with Crippen LogP contribution in [0.1, 0.15) is 35.9 Å². The van der Waals surface area contributed by atoms with E-state index in [0.29, 0.717) is 33.9 Å². The van der Waals surface area contributed by atoms with E-state index in [0.717, 1.165) is 0 Å². The van der Waals surface area contributed by atoms with E-state index in [1.807, 2.05) is 6.92 Å². The number of carbonyl (C=O) groups excluding carboxylic acids is 3. The van der Waals surface area contributed by atoms with E-state index < -0.39 is 18.1 Å². The molecule has 2 amide bonds. The Labute approximate surface area is 221 Å². The lowest BCUT2D eigenvalue weighted by molar-refractivity contribution is -0.111. The first-order valence-electron chi connectivity index (χ1n) is 12.0. The molecule has 0 saturated carbocycles. The topological polar surface area (TPSA) is 140 Å². The maximum absolute atomic E-state index is 12.8. The molecule has 0 saturated heterocycles. The van der Waals surface area contributed by atoms with Crippen molar-refractivity contribution >= 4 is 34.8 Å². The van der Waals surface area contributed by atoms with Crippen molar-refractivity contribution in [2.75, 3.05) is 29.6 Å². The van der Waals surface area contributed by atoms with Crippen molar-refractivity contribution in [2.24, 2.45) is 5.92 Å². The number of aliphatic hydroxyl groups excluding tert-OH is 1. The van der Waals surface area contributed by atoms with E-state index in [4.69, 9.17) is 20.3 Å². The molecule has 0 fully saturated rings. The molecule has 0 spiro atoms. The molecule has 9 nitrogen and oxygen atoms in total. The number of rotatable bonds is 11. The average molecular weight is 518 g/mol. The van der Waals surface area contributed by atoms with Gasteiger partial charge in [0.25, 0.3) is 0 Å². The average Bonchev–Trinajstić information content (AvgIpc) is 2.91. The summed E-state index contributed by atoms with van der Waals surface area (Å²) in [5, 5.41) is 14.4. The number of para-hydroxylation sites is 2. The first-order chi connectivity index (χ1) is 18.3. The fourth-order valence-corrected chi connectivity index (χ4v) is 3.57. The number of hydrogen-bond donors (Lipinski definition) is 4. The molecule has 3 aromatic rings. The van der Waals surface area contributed by atoms with E-state index in [9.17, 15) is 14.4 Å². The number of amides is 2. The summed E-state index contributed by atoms with van der Waals surface area (Å²) in [7, 11) is 0. The van der Waals surface area contributed by atoms with Crippen LogP contribution in [0.25, 0.3) is 0 Å². The van der Waals surface area contributed by atoms with Crippen LogP contribution in [0, 0.1) is 5.92 Å². The minimum atomic E-state index is -0.746. The van der Waals surface area contributed by atoms with Gasteiger partial charge in [0.05, 0.1) is 18.0 Å². The largest absolute Gasteiger partial charge is 0.491 e. The van der Waals surface area contributed by atoms with Crippen LogP contribution < -0.4 is 21.1 Å². The van der Waals surface area contributed by atoms with Crippen molar-refractivity contribution < 1.29 is 29.0 Å². The molecular formula is C29H31N3O6. The number of nitrogens with one attached hydrogen (secondary N) is 2. The lowest BCUT2D eigenvalue weighted by atomic mass is 9.96. The summed E-state index contributed by atoms with van der Waals surface area (Å²) in [5.41, 5.74) is 8.50. The maximum atomic E-state index is 12.8. The molecule has 0 aliphatic heterocycles. The Bertz CT molecular complexity index is 1270. The van der Waals surface area contributed by atoms with Crippen molar-refractivity contribution in [3.05, 3.63) is 96.1 Å². The van der Waals surface area contributed by atoms with E-state index in [-0.39, 0.29) is 24.9 Å². The molecule has 3 aromatic carbocycles. The van der Waals surface area contributed by atoms with Gasteiger partial charge in [-0.3, -0.25) is 14.9 Å². The number of nitrogen functional groups attached to an aromatic ring is 1. The maximum Gasteiger partial charge on any atom is 0.412 e. The predicted octanol–water partition coefficient (Wildman–Crippen LogP) is 4.96. The summed E-state index contributed by atoms with van der Waals surface area (Å²) in [6, 6.07) is 20.3. The SMILES string of the molecule is CC(=O)c1ccc(NC(=O)O[C@@H](c2ccc(OCCO)cc2)[C@H](C)/C=C/C(=O)Nc2ccccc2N)cc1. The molecule has 2 atom stereocenters. The van der Waals surface area contributed by atoms with Crippen LogP contribution in [-0.2, 0) is 9.53 Å². The minimum Gasteiger partial charge on any atom is -0.491 e. The lowest BCUT2D eigenvalue weighted by Crippen LogP contribution is -2.21. The van der Waals surface area contributed by atoms with Crippen molar-refractivity contribution in [3.8, 4) is 5.75 Å². The second-order valence-electron chi connectivity index (χ2n) is 8.52. The highest BCUT2D eigenvalue weighted by molar-refractivity contribution is 6.01. The zero-order valence-electron chi connectivity index (χ0n) is 21.2. The molecule has 0 aliphatic carbocycles. The fraction of sp³-hybridized carbons (Fsp3) is 0.207. The quantitative estimate of drug-likeness (QED) is 0.160. The smallest absolute Gasteiger partial charge is 0.412 e. The van der Waals surface area contributed by atoms with Gasteiger partial charge in [0.2, 0.25) is 5.91 Å². The highest BCUT2D eigenvalue weighted by atomic mass is 16.6. The van der Waals surface area contributed by atoms with Crippen LogP contribution in [0.2, 0.25) is 0 Å². The first-order valence-corrected chi connectivity index (χ1v) is 12.0. The van der Waals surface area contributed by atoms with Gasteiger partial charge in [0.15, 0.2) is 5.78 Å². The zero-order chi connectivity index (χ0) is 27.5. The van der Waals surface area contributed by atoms with Crippen LogP contribution in [0.5, 0.6) is 5.75 Å². The van der Waals surface area contributed by atoms with E-state index in [1.165, 1.54) is 13.0 Å². The summed E-state index contributed by atoms with van der Waals surface area (Å²) < 4.78 is 11.2. The molecule has 0 bridgehead atoms. The predicted molar refractivity (Wildman–Crippen MR) is 146 cm³/mol. The number of aliphatic hydroxyl groups is 1. The van der Waals surface area contributed by atoms with Gasteiger partial charge >= 0.3 is 6.09 Å². The lowest BCUT2D eigenvalue weighted by Gasteiger charge is -2.23. The highest BCUT2D eigenvalue weighted by Gasteiger charge is 2.23. The summed E-state index contributed by atoms with van der Waals surface area (Å²) in [6.45, 7) is 3.33. The minimum absolute atomic E-state index is 0.0785. The van der Waals surface area contributed by atoms with Crippen molar-refractivity contribution in [2.45, 2.75) is 20.0 Å². The number of benzene rings is 3. The molecule has 0 radical (unpaired) electrons. The summed E-state index contributed by atoms with van der Waals surface area (Å²) in [6.07, 6.45) is 1.56. The summed E-state index contributed by atoms with van der Waals surface area (Å²) in [4.78, 5) is 36.7. The Morgan fingerprint density at radius 1 is 0.974 bits per heavy atom. The third-order valence-electron chi connectivity index (χ3n) is 5.59. The molecule has 0 aliphatic rings. The van der Waals surface area contributed by atoms with Crippen LogP contribution in [0.4, 0.5) is 21.9 Å². The van der Waals surface area contributed by atoms with Gasteiger partial charge in [-0.1, -0.05) is 37.3 Å². The number of Topliss-reactive ketones (excluding diaryl/α,β-unsaturated/α-hetero) is 1. The van der Waals surface area contributed by atoms with Crippen molar-refractivity contribution in [3.63, 3.8) is 0 Å². The van der Waals surface area contributed by atoms with Crippen LogP contribution >= 0.6 is 0 Å². The Balaban J connectivity index is 1.75. The summed E-state index contributed by atoms with van der Waals surface area (Å²) >= 11 is 0. The first kappa shape index (κ1) is 27.9. The van der Waals surface area contributed by atoms with Gasteiger partial charge in [-0.2, -0.15) is 0 Å². The second-order valence-corrected chi connectivity index (χ2v) is 8.52. The van der Waals surface area contributed by atoms with Gasteiger partial charge < -0.3 is 25.6 Å². The van der Waals surface area contributed by atoms with E-state index in [1.54, 1.807) is 78.9 Å². The third-order valence-corrected chi connectivity index (χ3v) is 5.59. The van der Waals surface area contributed by atoms with Crippen molar-refractivity contribution in [1.29, 1.82) is 0 Å². The molecule has 0 heterocycles. The molecule has 3 rings (SSSR count). The molecule has 38 heavy (non-hydrogen) atoms. The summed E-state index contributed by atoms with van der Waals surface area (Å²) in [5.74, 6) is -0.301. The Morgan fingerprint density at radius 3 is 2.29 bits per heavy atom. The number of nitrogens with two attached hydrogens (primary N) is 1. The number of ketones is 1. The van der Waals surface area contributed by atoms with Gasteiger partial charge in [-0.05, 0) is 67.1 Å². The molecule has 5 N–H and O–H groups in total. The highest BCUT2D eigenvalue weighted by Crippen LogP contribution is 2.29. The van der Waals surface area contributed by atoms with Gasteiger partial charge in [-0.25, -0.2) is 4.79 Å². The van der Waals surface area contributed by atoms with Gasteiger partial charge in [0, 0.05) is 17.2 Å². The number of carbonyl (C=O) groups is 3. The van der Waals surface area contributed by atoms with Crippen LogP contribution in [0.3, 0.4) is 0 Å². The molecule has 9 heteroatoms. The number of anilines is 3. The van der Waals surface area contributed by atoms with E-state index in [2.05, 4.69) is 10.6 Å². The Hall–Kier alpha value is -4.63. The third kappa shape index (κ3) is 8.21. The van der Waals surface area contributed by atoms with Gasteiger partial charge in [-0.15, -0.1) is 0 Å². The zero-order valence-corrected chi connectivity index (χ0v) is 21.2. The van der Waals surface area contributed by atoms with Gasteiger partial charge in [0.1, 0.15) is 18.5 Å². The molecule has 198 valence electrons. The second kappa shape index (κ2) is 13.6. The molecule has 0 unspecified atom stereocenters. The Morgan fingerprint density at radius 2 is 1.66 bits per heavy atom. The number of hydrogen-bond acceptors (Lipinski definition) is 7. The molecular weight excluding hydrogens is 486 g/mol. The van der Waals surface area contributed by atoms with Crippen molar-refractivity contribution in [1.82, 2.24) is 0 Å². The van der Waals surface area contributed by atoms with Crippen LogP contribution in [-0.4, -0.2) is 36.1 Å². The fourth-order valence-electron chi connectivity index (χ4n) is 3.57. The van der Waals surface area contributed by atoms with E-state index >= 15 is 0 Å².